The monoisotopic (exact) mass is 998 g/mol. The summed E-state index contributed by atoms with van der Waals surface area (Å²) in [6.07, 6.45) is 12.0. The molecule has 2 aliphatic rings. The van der Waals surface area contributed by atoms with Gasteiger partial charge in [-0.3, -0.25) is 9.35 Å². The third kappa shape index (κ3) is 11.1. The number of allylic oxidation sites excluding steroid dienone is 6. The van der Waals surface area contributed by atoms with E-state index in [4.69, 9.17) is 10.5 Å². The number of rotatable bonds is 23. The topological polar surface area (TPSA) is 192 Å². The molecule has 0 saturated carbocycles. The van der Waals surface area contributed by atoms with Gasteiger partial charge in [0.1, 0.15) is 17.2 Å². The highest BCUT2D eigenvalue weighted by Crippen LogP contribution is 2.52. The number of aryl methyl sites for hydroxylation is 1. The summed E-state index contributed by atoms with van der Waals surface area (Å²) in [6.45, 7) is 15.3. The quantitative estimate of drug-likeness (QED) is 0.0121. The van der Waals surface area contributed by atoms with Gasteiger partial charge in [0.25, 0.3) is 10.1 Å². The maximum atomic E-state index is 14.1. The number of sulfonamides is 1. The van der Waals surface area contributed by atoms with E-state index in [9.17, 15) is 26.2 Å². The summed E-state index contributed by atoms with van der Waals surface area (Å²) in [5.74, 6) is 1.02. The molecule has 0 saturated heterocycles. The number of carbonyl (C=O) groups is 1. The summed E-state index contributed by atoms with van der Waals surface area (Å²) in [5.41, 5.74) is 5.19. The molecule has 0 fully saturated rings. The number of ketones is 1. The molecule has 0 amide bonds. The molecule has 0 radical (unpaired) electrons. The molecule has 0 aliphatic carbocycles. The van der Waals surface area contributed by atoms with Gasteiger partial charge >= 0.3 is 0 Å². The Bertz CT molecular complexity index is 2860. The first kappa shape index (κ1) is 52.4. The van der Waals surface area contributed by atoms with Crippen LogP contribution in [0.5, 0.6) is 0 Å². The molecule has 2 aliphatic heterocycles. The predicted molar refractivity (Wildman–Crippen MR) is 265 cm³/mol. The van der Waals surface area contributed by atoms with Crippen molar-refractivity contribution in [3.8, 4) is 0 Å². The smallest absolute Gasteiger partial charge is 0.295 e. The van der Waals surface area contributed by atoms with Gasteiger partial charge in [0.05, 0.1) is 10.3 Å². The van der Waals surface area contributed by atoms with Crippen LogP contribution in [0.4, 0.5) is 11.4 Å². The molecule has 67 heavy (non-hydrogen) atoms. The number of anilines is 1. The molecule has 2 heterocycles. The van der Waals surface area contributed by atoms with Crippen LogP contribution in [0.1, 0.15) is 83.9 Å². The van der Waals surface area contributed by atoms with Crippen molar-refractivity contribution in [1.82, 2.24) is 4.31 Å². The lowest BCUT2D eigenvalue weighted by atomic mass is 9.79. The second-order valence-electron chi connectivity index (χ2n) is 18.0. The molecule has 4 aromatic rings. The van der Waals surface area contributed by atoms with Crippen LogP contribution in [0.15, 0.2) is 100 Å². The molecule has 362 valence electrons. The highest BCUT2D eigenvalue weighted by Gasteiger charge is 2.46. The van der Waals surface area contributed by atoms with Crippen molar-refractivity contribution < 1.29 is 60.0 Å². The van der Waals surface area contributed by atoms with E-state index in [2.05, 4.69) is 62.0 Å². The van der Waals surface area contributed by atoms with Crippen LogP contribution in [0, 0.1) is 12.8 Å². The van der Waals surface area contributed by atoms with Gasteiger partial charge in [0, 0.05) is 120 Å². The molecule has 0 spiro atoms. The molecule has 0 unspecified atom stereocenters. The first-order valence-electron chi connectivity index (χ1n) is 22.0. The standard InChI is InChI=1S/C48H59N3O12S4/c1-32(2)40(52)17-13-25-49(8)66(55,56)41-18-12-16-36-34(41)21-23-38-45(36)47(4,5)43(50(38)26-14-28-64-62-60-53)19-10-9-11-20-44-48(6,7)46-37-30-33(3)31-42(67(57,58)59)35(37)22-24-39(46)51(44)27-15-29-65-63-61-54/h9-12,16,18-24,30-32H,13-15,17,25-29H2,1-8H3,(H2-,53,54,57,58,59)/p+1. The molecule has 19 heteroatoms. The third-order valence-electron chi connectivity index (χ3n) is 12.5. The van der Waals surface area contributed by atoms with Crippen LogP contribution >= 0.6 is 24.1 Å². The highest BCUT2D eigenvalue weighted by molar-refractivity contribution is 7.94. The molecule has 4 aromatic carbocycles. The van der Waals surface area contributed by atoms with E-state index >= 15 is 0 Å². The third-order valence-corrected chi connectivity index (χ3v) is 16.6. The lowest BCUT2D eigenvalue weighted by Gasteiger charge is -2.27. The molecule has 0 bridgehead atoms. The zero-order chi connectivity index (χ0) is 48.9. The number of carbonyl (C=O) groups excluding carboxylic acids is 1. The van der Waals surface area contributed by atoms with Gasteiger partial charge in [-0.15, -0.1) is 8.67 Å². The van der Waals surface area contributed by atoms with Gasteiger partial charge in [0.15, 0.2) is 5.71 Å². The Hall–Kier alpha value is -3.96. The van der Waals surface area contributed by atoms with Crippen LogP contribution in [-0.2, 0) is 54.5 Å². The van der Waals surface area contributed by atoms with Gasteiger partial charge in [0.2, 0.25) is 15.7 Å². The van der Waals surface area contributed by atoms with E-state index in [0.717, 1.165) is 68.8 Å². The number of hydrogen-bond donors (Lipinski definition) is 3. The maximum Gasteiger partial charge on any atom is 0.295 e. The minimum atomic E-state index is -4.51. The minimum Gasteiger partial charge on any atom is -0.344 e. The molecule has 0 aromatic heterocycles. The number of hydrogen-bond acceptors (Lipinski definition) is 14. The van der Waals surface area contributed by atoms with Crippen LogP contribution in [0.2, 0.25) is 0 Å². The highest BCUT2D eigenvalue weighted by atomic mass is 32.2. The van der Waals surface area contributed by atoms with Gasteiger partial charge in [-0.25, -0.2) is 23.2 Å². The van der Waals surface area contributed by atoms with E-state index in [1.54, 1.807) is 32.2 Å². The molecule has 15 nitrogen and oxygen atoms in total. The van der Waals surface area contributed by atoms with Gasteiger partial charge in [-0.05, 0) is 85.9 Å². The van der Waals surface area contributed by atoms with Crippen molar-refractivity contribution in [2.75, 3.05) is 43.1 Å². The minimum absolute atomic E-state index is 0.101. The SMILES string of the molecule is Cc1cc(S(=O)(=O)O)c2ccc3c(c2c1)C(C)(C)\C(=C/C=C/C=C/C1=[N+](CCCSOOO)c2ccc4c(S(=O)(=O)N(C)CCCC(=O)C(C)C)cccc4c2C1(C)C)N3CCCSOOO. The second kappa shape index (κ2) is 21.8. The Morgan fingerprint density at radius 3 is 2.16 bits per heavy atom. The summed E-state index contributed by atoms with van der Waals surface area (Å²) < 4.78 is 76.3. The first-order valence-corrected chi connectivity index (χ1v) is 26.7. The normalized spacial score (nSPS) is 16.6. The fraction of sp³-hybridized carbons (Fsp3) is 0.417. The van der Waals surface area contributed by atoms with Crippen molar-refractivity contribution in [3.63, 3.8) is 0 Å². The van der Waals surface area contributed by atoms with Crippen LogP contribution in [-0.4, -0.2) is 90.5 Å². The van der Waals surface area contributed by atoms with Gasteiger partial charge in [-0.1, -0.05) is 80.3 Å². The molecular formula is C48H60N3O12S4+. The van der Waals surface area contributed by atoms with Crippen molar-refractivity contribution in [2.24, 2.45) is 5.92 Å². The van der Waals surface area contributed by atoms with Crippen LogP contribution in [0.3, 0.4) is 0 Å². The maximum absolute atomic E-state index is 14.1. The Balaban J connectivity index is 1.36. The first-order chi connectivity index (χ1) is 31.7. The van der Waals surface area contributed by atoms with E-state index < -0.39 is 31.0 Å². The summed E-state index contributed by atoms with van der Waals surface area (Å²) >= 11 is 1.95. The average molecular weight is 999 g/mol. The number of nitrogens with zero attached hydrogens (tertiary/aromatic N) is 3. The molecule has 0 atom stereocenters. The Morgan fingerprint density at radius 1 is 0.821 bits per heavy atom. The lowest BCUT2D eigenvalue weighted by Crippen LogP contribution is -2.29. The van der Waals surface area contributed by atoms with E-state index in [-0.39, 0.29) is 28.0 Å². The van der Waals surface area contributed by atoms with Gasteiger partial charge < -0.3 is 4.90 Å². The summed E-state index contributed by atoms with van der Waals surface area (Å²) in [5, 5.41) is 27.5. The fourth-order valence-electron chi connectivity index (χ4n) is 9.40. The van der Waals surface area contributed by atoms with E-state index in [1.807, 2.05) is 68.5 Å². The van der Waals surface area contributed by atoms with Crippen molar-refractivity contribution in [2.45, 2.75) is 94.8 Å². The zero-order valence-electron chi connectivity index (χ0n) is 39.0. The number of fused-ring (bicyclic) bond motifs is 6. The van der Waals surface area contributed by atoms with Crippen LogP contribution < -0.4 is 4.90 Å². The average Bonchev–Trinajstić information content (AvgIpc) is 3.62. The van der Waals surface area contributed by atoms with Crippen molar-refractivity contribution >= 4 is 88.6 Å². The molecular weight excluding hydrogens is 939 g/mol. The van der Waals surface area contributed by atoms with E-state index in [0.29, 0.717) is 66.6 Å². The molecule has 3 N–H and O–H groups in total. The Kier molecular flexibility index (Phi) is 17.0. The van der Waals surface area contributed by atoms with E-state index in [1.165, 1.54) is 10.4 Å². The van der Waals surface area contributed by atoms with Gasteiger partial charge in [-0.2, -0.15) is 13.0 Å². The predicted octanol–water partition coefficient (Wildman–Crippen LogP) is 10.3. The fourth-order valence-corrected chi connectivity index (χ4v) is 12.3. The van der Waals surface area contributed by atoms with Crippen LogP contribution in [0.25, 0.3) is 21.5 Å². The zero-order valence-corrected chi connectivity index (χ0v) is 42.3. The Morgan fingerprint density at radius 2 is 1.49 bits per heavy atom. The lowest BCUT2D eigenvalue weighted by molar-refractivity contribution is -0.438. The summed E-state index contributed by atoms with van der Waals surface area (Å²) in [6, 6.07) is 16.3. The number of Topliss-reactive ketones (excluding diaryl/α,β-unsaturated/α-hetero) is 1. The summed E-state index contributed by atoms with van der Waals surface area (Å²) in [7, 11) is -6.87. The second-order valence-corrected chi connectivity index (χ2v) is 23.0. The van der Waals surface area contributed by atoms with Crippen molar-refractivity contribution in [3.05, 3.63) is 107 Å². The van der Waals surface area contributed by atoms with Crippen molar-refractivity contribution in [1.29, 1.82) is 0 Å². The Labute approximate surface area is 402 Å². The molecule has 6 rings (SSSR count). The number of benzene rings is 4. The summed E-state index contributed by atoms with van der Waals surface area (Å²) in [4.78, 5) is 14.5. The largest absolute Gasteiger partial charge is 0.344 e.